The predicted octanol–water partition coefficient (Wildman–Crippen LogP) is 1.67. The molecular weight excluding hydrogens is 376 g/mol. The Hall–Kier alpha value is -0.990. The smallest absolute Gasteiger partial charge is 0.220 e. The van der Waals surface area contributed by atoms with Crippen molar-refractivity contribution in [2.24, 2.45) is 11.8 Å². The fraction of sp³-hybridized carbons (Fsp3) is 0.762. The first kappa shape index (κ1) is 20.3. The standard InChI is InChI=1S/C21H32N2O4S/c24-20-10-16-12-23(17-13-26-6-7-27-14-17)11-15(16)9-19(20)22-21(25)5-1-3-18-4-2-8-28-18/h2,4,8,15-17,19-20,24H,1,3,5-7,9-14H2,(H,22,25)/t15-,16+,19-,20-/m0/s1. The third-order valence-electron chi connectivity index (χ3n) is 6.43. The van der Waals surface area contributed by atoms with E-state index in [0.29, 0.717) is 37.5 Å². The molecule has 1 aliphatic carbocycles. The maximum absolute atomic E-state index is 12.4. The number of nitrogens with one attached hydrogen (secondary N) is 1. The molecule has 4 rings (SSSR count). The van der Waals surface area contributed by atoms with E-state index in [1.807, 2.05) is 6.07 Å². The summed E-state index contributed by atoms with van der Waals surface area (Å²) in [5, 5.41) is 15.8. The first-order chi connectivity index (χ1) is 13.7. The van der Waals surface area contributed by atoms with Gasteiger partial charge in [-0.3, -0.25) is 9.69 Å². The second-order valence-corrected chi connectivity index (χ2v) is 9.46. The minimum absolute atomic E-state index is 0.0690. The number of carbonyl (C=O) groups excluding carboxylic acids is 1. The first-order valence-electron chi connectivity index (χ1n) is 10.6. The molecule has 0 unspecified atom stereocenters. The monoisotopic (exact) mass is 408 g/mol. The van der Waals surface area contributed by atoms with E-state index >= 15 is 0 Å². The van der Waals surface area contributed by atoms with E-state index in [1.165, 1.54) is 4.88 Å². The van der Waals surface area contributed by atoms with E-state index in [0.717, 1.165) is 52.0 Å². The Morgan fingerprint density at radius 2 is 1.96 bits per heavy atom. The summed E-state index contributed by atoms with van der Waals surface area (Å²) >= 11 is 1.74. The highest BCUT2D eigenvalue weighted by Crippen LogP contribution is 2.37. The quantitative estimate of drug-likeness (QED) is 0.749. The highest BCUT2D eigenvalue weighted by molar-refractivity contribution is 7.09. The highest BCUT2D eigenvalue weighted by atomic mass is 32.1. The Morgan fingerprint density at radius 1 is 1.21 bits per heavy atom. The topological polar surface area (TPSA) is 71.0 Å². The molecule has 6 nitrogen and oxygen atoms in total. The number of nitrogens with zero attached hydrogens (tertiary/aromatic N) is 1. The normalized spacial score (nSPS) is 32.0. The lowest BCUT2D eigenvalue weighted by molar-refractivity contribution is -0.123. The molecule has 2 N–H and O–H groups in total. The number of likely N-dealkylation sites (tertiary alicyclic amines) is 1. The molecule has 28 heavy (non-hydrogen) atoms. The molecule has 1 aromatic heterocycles. The Kier molecular flexibility index (Phi) is 7.01. The van der Waals surface area contributed by atoms with Crippen molar-refractivity contribution in [3.05, 3.63) is 22.4 Å². The fourth-order valence-electron chi connectivity index (χ4n) is 4.89. The van der Waals surface area contributed by atoms with Gasteiger partial charge in [0.1, 0.15) is 0 Å². The van der Waals surface area contributed by atoms with Gasteiger partial charge < -0.3 is 19.9 Å². The number of ether oxygens (including phenoxy) is 2. The van der Waals surface area contributed by atoms with Crippen molar-refractivity contribution in [2.45, 2.75) is 50.3 Å². The van der Waals surface area contributed by atoms with Crippen LogP contribution in [-0.2, 0) is 20.7 Å². The van der Waals surface area contributed by atoms with Gasteiger partial charge in [-0.1, -0.05) is 6.07 Å². The van der Waals surface area contributed by atoms with Crippen LogP contribution in [0.25, 0.3) is 0 Å². The molecule has 0 aromatic carbocycles. The van der Waals surface area contributed by atoms with Crippen molar-refractivity contribution in [1.82, 2.24) is 10.2 Å². The number of fused-ring (bicyclic) bond motifs is 1. The van der Waals surface area contributed by atoms with Crippen molar-refractivity contribution >= 4 is 17.2 Å². The van der Waals surface area contributed by atoms with Gasteiger partial charge in [0.2, 0.25) is 5.91 Å². The van der Waals surface area contributed by atoms with Crippen LogP contribution >= 0.6 is 11.3 Å². The SMILES string of the molecule is O=C(CCCc1cccs1)N[C@H]1C[C@H]2CN(C3COCCOC3)C[C@H]2C[C@@H]1O. The number of carbonyl (C=O) groups is 1. The Balaban J connectivity index is 1.23. The molecule has 0 radical (unpaired) electrons. The van der Waals surface area contributed by atoms with Crippen LogP contribution in [0.5, 0.6) is 0 Å². The summed E-state index contributed by atoms with van der Waals surface area (Å²) < 4.78 is 11.3. The molecule has 2 aliphatic heterocycles. The Labute approximate surface area is 171 Å². The van der Waals surface area contributed by atoms with Gasteiger partial charge in [0.25, 0.3) is 0 Å². The van der Waals surface area contributed by atoms with Crippen LogP contribution in [0.2, 0.25) is 0 Å². The lowest BCUT2D eigenvalue weighted by Crippen LogP contribution is -2.49. The zero-order valence-corrected chi connectivity index (χ0v) is 17.2. The molecule has 0 bridgehead atoms. The molecule has 156 valence electrons. The lowest BCUT2D eigenvalue weighted by Gasteiger charge is -2.35. The maximum Gasteiger partial charge on any atom is 0.220 e. The summed E-state index contributed by atoms with van der Waals surface area (Å²) in [6, 6.07) is 4.37. The van der Waals surface area contributed by atoms with Crippen molar-refractivity contribution in [3.8, 4) is 0 Å². The van der Waals surface area contributed by atoms with Crippen LogP contribution in [0.15, 0.2) is 17.5 Å². The van der Waals surface area contributed by atoms with Gasteiger partial charge in [-0.25, -0.2) is 0 Å². The highest BCUT2D eigenvalue weighted by Gasteiger charge is 2.43. The summed E-state index contributed by atoms with van der Waals surface area (Å²) in [4.78, 5) is 16.2. The van der Waals surface area contributed by atoms with Crippen LogP contribution < -0.4 is 5.32 Å². The number of thiophene rings is 1. The van der Waals surface area contributed by atoms with Crippen LogP contribution in [-0.4, -0.2) is 73.6 Å². The second-order valence-electron chi connectivity index (χ2n) is 8.42. The number of hydrogen-bond acceptors (Lipinski definition) is 6. The van der Waals surface area contributed by atoms with E-state index in [1.54, 1.807) is 11.3 Å². The number of hydrogen-bond donors (Lipinski definition) is 2. The number of aryl methyl sites for hydroxylation is 1. The molecule has 1 amide bonds. The molecule has 2 saturated heterocycles. The number of amides is 1. The van der Waals surface area contributed by atoms with Crippen molar-refractivity contribution in [1.29, 1.82) is 0 Å². The molecule has 3 fully saturated rings. The van der Waals surface area contributed by atoms with Gasteiger partial charge in [0.05, 0.1) is 44.6 Å². The van der Waals surface area contributed by atoms with Gasteiger partial charge in [-0.15, -0.1) is 11.3 Å². The molecule has 4 atom stereocenters. The summed E-state index contributed by atoms with van der Waals surface area (Å²) in [6.45, 7) is 4.83. The third kappa shape index (κ3) is 5.13. The van der Waals surface area contributed by atoms with Gasteiger partial charge in [0, 0.05) is 24.4 Å². The summed E-state index contributed by atoms with van der Waals surface area (Å²) in [5.41, 5.74) is 0. The Bertz CT molecular complexity index is 618. The zero-order chi connectivity index (χ0) is 19.3. The zero-order valence-electron chi connectivity index (χ0n) is 16.4. The average Bonchev–Trinajstić information content (AvgIpc) is 3.25. The van der Waals surface area contributed by atoms with Crippen LogP contribution in [0.1, 0.15) is 30.6 Å². The number of aliphatic hydroxyl groups excluding tert-OH is 1. The van der Waals surface area contributed by atoms with E-state index in [9.17, 15) is 9.90 Å². The minimum atomic E-state index is -0.441. The lowest BCUT2D eigenvalue weighted by atomic mass is 9.77. The molecule has 7 heteroatoms. The molecule has 1 aromatic rings. The fourth-order valence-corrected chi connectivity index (χ4v) is 5.64. The largest absolute Gasteiger partial charge is 0.391 e. The Morgan fingerprint density at radius 3 is 2.68 bits per heavy atom. The van der Waals surface area contributed by atoms with Gasteiger partial charge >= 0.3 is 0 Å². The molecule has 3 aliphatic rings. The van der Waals surface area contributed by atoms with Gasteiger partial charge in [-0.2, -0.15) is 0 Å². The molecule has 0 spiro atoms. The molecular formula is C21H32N2O4S. The summed E-state index contributed by atoms with van der Waals surface area (Å²) in [5.74, 6) is 1.10. The first-order valence-corrected chi connectivity index (χ1v) is 11.5. The van der Waals surface area contributed by atoms with E-state index in [-0.39, 0.29) is 11.9 Å². The van der Waals surface area contributed by atoms with E-state index in [4.69, 9.17) is 9.47 Å². The van der Waals surface area contributed by atoms with Crippen LogP contribution in [0.4, 0.5) is 0 Å². The second kappa shape index (κ2) is 9.67. The number of aliphatic hydroxyl groups is 1. The average molecular weight is 409 g/mol. The number of rotatable bonds is 6. The van der Waals surface area contributed by atoms with Crippen molar-refractivity contribution < 1.29 is 19.4 Å². The van der Waals surface area contributed by atoms with E-state index < -0.39 is 6.10 Å². The molecule has 1 saturated carbocycles. The van der Waals surface area contributed by atoms with Crippen molar-refractivity contribution in [2.75, 3.05) is 39.5 Å². The third-order valence-corrected chi connectivity index (χ3v) is 7.37. The van der Waals surface area contributed by atoms with Gasteiger partial charge in [0.15, 0.2) is 0 Å². The molecule has 3 heterocycles. The van der Waals surface area contributed by atoms with E-state index in [2.05, 4.69) is 21.7 Å². The van der Waals surface area contributed by atoms with Gasteiger partial charge in [-0.05, 0) is 49.0 Å². The van der Waals surface area contributed by atoms with Crippen molar-refractivity contribution in [3.63, 3.8) is 0 Å². The minimum Gasteiger partial charge on any atom is -0.391 e. The summed E-state index contributed by atoms with van der Waals surface area (Å²) in [7, 11) is 0. The summed E-state index contributed by atoms with van der Waals surface area (Å²) in [6.07, 6.45) is 3.53. The maximum atomic E-state index is 12.4. The predicted molar refractivity (Wildman–Crippen MR) is 108 cm³/mol. The van der Waals surface area contributed by atoms with Crippen LogP contribution in [0, 0.1) is 11.8 Å². The van der Waals surface area contributed by atoms with Crippen LogP contribution in [0.3, 0.4) is 0 Å².